The molecule has 2 aromatic rings. The minimum atomic E-state index is -0.955. The smallest absolute Gasteiger partial charge is 0.270 e. The summed E-state index contributed by atoms with van der Waals surface area (Å²) in [6, 6.07) is 6.54. The number of aromatic nitrogens is 2. The number of carbonyl (C=O) groups is 1. The zero-order valence-electron chi connectivity index (χ0n) is 14.2. The van der Waals surface area contributed by atoms with E-state index in [0.29, 0.717) is 37.2 Å². The van der Waals surface area contributed by atoms with Crippen LogP contribution in [0.2, 0.25) is 0 Å². The lowest BCUT2D eigenvalue weighted by atomic mass is 9.95. The first kappa shape index (κ1) is 15.8. The van der Waals surface area contributed by atoms with Crippen molar-refractivity contribution < 1.29 is 14.0 Å². The number of benzene rings is 1. The van der Waals surface area contributed by atoms with Gasteiger partial charge in [-0.05, 0) is 26.0 Å². The van der Waals surface area contributed by atoms with Gasteiger partial charge in [-0.3, -0.25) is 9.89 Å². The Hall–Kier alpha value is -2.70. The van der Waals surface area contributed by atoms with Gasteiger partial charge in [0.25, 0.3) is 5.91 Å². The molecule has 25 heavy (non-hydrogen) atoms. The fourth-order valence-corrected chi connectivity index (χ4v) is 3.52. The van der Waals surface area contributed by atoms with E-state index in [2.05, 4.69) is 15.4 Å². The van der Waals surface area contributed by atoms with Gasteiger partial charge in [-0.25, -0.2) is 4.39 Å². The molecule has 1 aromatic heterocycles. The number of halogens is 1. The van der Waals surface area contributed by atoms with Crippen molar-refractivity contribution in [3.63, 3.8) is 0 Å². The summed E-state index contributed by atoms with van der Waals surface area (Å²) in [5.41, 5.74) is 2.68. The lowest BCUT2D eigenvalue weighted by molar-refractivity contribution is -0.154. The number of H-pyrrole nitrogens is 1. The Kier molecular flexibility index (Phi) is 3.59. The van der Waals surface area contributed by atoms with Crippen LogP contribution in [-0.2, 0) is 22.6 Å². The van der Waals surface area contributed by atoms with E-state index in [1.54, 1.807) is 30.0 Å². The second kappa shape index (κ2) is 5.68. The molecule has 6 nitrogen and oxygen atoms in total. The maximum atomic E-state index is 14.2. The van der Waals surface area contributed by atoms with Crippen LogP contribution in [0.3, 0.4) is 0 Å². The Labute approximate surface area is 144 Å². The van der Waals surface area contributed by atoms with E-state index in [9.17, 15) is 9.18 Å². The van der Waals surface area contributed by atoms with Crippen LogP contribution in [0.5, 0.6) is 0 Å². The van der Waals surface area contributed by atoms with Crippen molar-refractivity contribution in [3.05, 3.63) is 41.3 Å². The number of oxime groups is 1. The predicted molar refractivity (Wildman–Crippen MR) is 90.3 cm³/mol. The summed E-state index contributed by atoms with van der Waals surface area (Å²) in [6.45, 7) is 4.56. The van der Waals surface area contributed by atoms with Gasteiger partial charge in [0.2, 0.25) is 5.60 Å². The van der Waals surface area contributed by atoms with Crippen molar-refractivity contribution in [2.45, 2.75) is 38.8 Å². The Morgan fingerprint density at radius 2 is 2.20 bits per heavy atom. The van der Waals surface area contributed by atoms with Gasteiger partial charge in [-0.2, -0.15) is 5.10 Å². The van der Waals surface area contributed by atoms with Gasteiger partial charge in [-0.1, -0.05) is 17.3 Å². The van der Waals surface area contributed by atoms with Gasteiger partial charge in [0, 0.05) is 42.8 Å². The highest BCUT2D eigenvalue weighted by molar-refractivity contribution is 5.94. The summed E-state index contributed by atoms with van der Waals surface area (Å²) in [7, 11) is 0. The average Bonchev–Trinajstić information content (AvgIpc) is 3.18. The SMILES string of the molecule is CC1=NOC(C)(C(=O)N2CCc3[nH]nc(-c4ccccc4F)c3C2)C1. The maximum absolute atomic E-state index is 14.2. The Balaban J connectivity index is 1.62. The first-order valence-corrected chi connectivity index (χ1v) is 8.30. The molecule has 3 heterocycles. The highest BCUT2D eigenvalue weighted by atomic mass is 19.1. The summed E-state index contributed by atoms with van der Waals surface area (Å²) >= 11 is 0. The molecular formula is C18H19FN4O2. The molecule has 0 saturated heterocycles. The largest absolute Gasteiger partial charge is 0.379 e. The summed E-state index contributed by atoms with van der Waals surface area (Å²) < 4.78 is 14.2. The lowest BCUT2D eigenvalue weighted by Crippen LogP contribution is -2.48. The molecule has 4 rings (SSSR count). The molecule has 1 unspecified atom stereocenters. The van der Waals surface area contributed by atoms with Crippen molar-refractivity contribution in [3.8, 4) is 11.3 Å². The van der Waals surface area contributed by atoms with E-state index in [1.165, 1.54) is 6.07 Å². The minimum absolute atomic E-state index is 0.0977. The lowest BCUT2D eigenvalue weighted by Gasteiger charge is -2.32. The minimum Gasteiger partial charge on any atom is -0.379 e. The topological polar surface area (TPSA) is 70.6 Å². The highest BCUT2D eigenvalue weighted by Crippen LogP contribution is 2.32. The normalized spacial score (nSPS) is 22.4. The molecule has 0 spiro atoms. The zero-order chi connectivity index (χ0) is 17.6. The first-order chi connectivity index (χ1) is 12.0. The molecule has 1 N–H and O–H groups in total. The molecule has 2 aliphatic rings. The van der Waals surface area contributed by atoms with Gasteiger partial charge in [0.1, 0.15) is 11.5 Å². The molecule has 0 aliphatic carbocycles. The quantitative estimate of drug-likeness (QED) is 0.912. The molecule has 0 fully saturated rings. The number of hydrogen-bond donors (Lipinski definition) is 1. The maximum Gasteiger partial charge on any atom is 0.270 e. The van der Waals surface area contributed by atoms with Crippen molar-refractivity contribution in [1.82, 2.24) is 15.1 Å². The summed E-state index contributed by atoms with van der Waals surface area (Å²) in [5, 5.41) is 11.2. The number of hydrogen-bond acceptors (Lipinski definition) is 4. The third-order valence-electron chi connectivity index (χ3n) is 4.80. The van der Waals surface area contributed by atoms with E-state index in [0.717, 1.165) is 17.0 Å². The van der Waals surface area contributed by atoms with Crippen LogP contribution in [0, 0.1) is 5.82 Å². The van der Waals surface area contributed by atoms with Crippen LogP contribution < -0.4 is 0 Å². The first-order valence-electron chi connectivity index (χ1n) is 8.30. The fourth-order valence-electron chi connectivity index (χ4n) is 3.52. The molecule has 0 saturated carbocycles. The van der Waals surface area contributed by atoms with Gasteiger partial charge in [-0.15, -0.1) is 0 Å². The highest BCUT2D eigenvalue weighted by Gasteiger charge is 2.44. The fraction of sp³-hybridized carbons (Fsp3) is 0.389. The van der Waals surface area contributed by atoms with E-state index in [-0.39, 0.29) is 11.7 Å². The average molecular weight is 342 g/mol. The van der Waals surface area contributed by atoms with Gasteiger partial charge >= 0.3 is 0 Å². The van der Waals surface area contributed by atoms with Crippen molar-refractivity contribution in [2.24, 2.45) is 5.16 Å². The third-order valence-corrected chi connectivity index (χ3v) is 4.80. The summed E-state index contributed by atoms with van der Waals surface area (Å²) in [6.07, 6.45) is 1.14. The molecule has 1 atom stereocenters. The van der Waals surface area contributed by atoms with Crippen LogP contribution in [0.4, 0.5) is 4.39 Å². The van der Waals surface area contributed by atoms with Crippen LogP contribution in [0.15, 0.2) is 29.4 Å². The molecule has 2 aliphatic heterocycles. The Morgan fingerprint density at radius 1 is 1.40 bits per heavy atom. The molecular weight excluding hydrogens is 323 g/mol. The van der Waals surface area contributed by atoms with Crippen LogP contribution in [0.25, 0.3) is 11.3 Å². The molecule has 0 bridgehead atoms. The predicted octanol–water partition coefficient (Wildman–Crippen LogP) is 2.66. The molecule has 1 aromatic carbocycles. The summed E-state index contributed by atoms with van der Waals surface area (Å²) in [5.74, 6) is -0.421. The summed E-state index contributed by atoms with van der Waals surface area (Å²) in [4.78, 5) is 20.1. The van der Waals surface area contributed by atoms with E-state index in [4.69, 9.17) is 4.84 Å². The second-order valence-corrected chi connectivity index (χ2v) is 6.81. The molecule has 7 heteroatoms. The van der Waals surface area contributed by atoms with E-state index in [1.807, 2.05) is 6.92 Å². The standard InChI is InChI=1S/C18H19FN4O2/c1-11-9-18(2,25-22-11)17(24)23-8-7-15-13(10-23)16(21-20-15)12-5-3-4-6-14(12)19/h3-6H,7-10H2,1-2H3,(H,20,21). The number of rotatable bonds is 2. The van der Waals surface area contributed by atoms with Gasteiger partial charge < -0.3 is 9.74 Å². The number of amides is 1. The third kappa shape index (κ3) is 2.59. The van der Waals surface area contributed by atoms with Crippen molar-refractivity contribution in [2.75, 3.05) is 6.54 Å². The zero-order valence-corrected chi connectivity index (χ0v) is 14.2. The van der Waals surface area contributed by atoms with Crippen molar-refractivity contribution in [1.29, 1.82) is 0 Å². The van der Waals surface area contributed by atoms with E-state index >= 15 is 0 Å². The second-order valence-electron chi connectivity index (χ2n) is 6.81. The molecule has 130 valence electrons. The van der Waals surface area contributed by atoms with Crippen LogP contribution in [-0.4, -0.2) is 38.9 Å². The Bertz CT molecular complexity index is 876. The molecule has 0 radical (unpaired) electrons. The number of carbonyl (C=O) groups excluding carboxylic acids is 1. The number of nitrogens with one attached hydrogen (secondary N) is 1. The molecule has 1 amide bonds. The van der Waals surface area contributed by atoms with Gasteiger partial charge in [0.15, 0.2) is 0 Å². The number of aromatic amines is 1. The van der Waals surface area contributed by atoms with Gasteiger partial charge in [0.05, 0.1) is 5.71 Å². The monoisotopic (exact) mass is 342 g/mol. The number of fused-ring (bicyclic) bond motifs is 1. The van der Waals surface area contributed by atoms with Crippen molar-refractivity contribution >= 4 is 11.6 Å². The van der Waals surface area contributed by atoms with E-state index < -0.39 is 5.60 Å². The van der Waals surface area contributed by atoms with Crippen LogP contribution in [0.1, 0.15) is 31.5 Å². The number of nitrogens with zero attached hydrogens (tertiary/aromatic N) is 3. The Morgan fingerprint density at radius 3 is 2.92 bits per heavy atom. The van der Waals surface area contributed by atoms with Crippen LogP contribution >= 0.6 is 0 Å².